The largest absolute Gasteiger partial charge is 0.387 e. The van der Waals surface area contributed by atoms with E-state index < -0.39 is 0 Å². The number of aliphatic hydroxyl groups excluding tert-OH is 1. The van der Waals surface area contributed by atoms with Gasteiger partial charge in [0.1, 0.15) is 0 Å². The van der Waals surface area contributed by atoms with Gasteiger partial charge >= 0.3 is 0 Å². The molecule has 1 aromatic rings. The van der Waals surface area contributed by atoms with Gasteiger partial charge in [0, 0.05) is 39.8 Å². The lowest BCUT2D eigenvalue weighted by Crippen LogP contribution is -2.30. The van der Waals surface area contributed by atoms with Gasteiger partial charge in [0.25, 0.3) is 0 Å². The van der Waals surface area contributed by atoms with Crippen LogP contribution in [0, 0.1) is 0 Å². The van der Waals surface area contributed by atoms with Gasteiger partial charge in [0.2, 0.25) is 0 Å². The molecule has 1 fully saturated rings. The number of aromatic nitrogens is 2. The Bertz CT molecular complexity index is 369. The first kappa shape index (κ1) is 13.3. The topological polar surface area (TPSA) is 38.0 Å². The lowest BCUT2D eigenvalue weighted by Gasteiger charge is -2.33. The molecule has 4 unspecified atom stereocenters. The maximum Gasteiger partial charge on any atom is 0.0946 e. The number of rotatable bonds is 3. The summed E-state index contributed by atoms with van der Waals surface area (Å²) < 4.78 is 1.87. The van der Waals surface area contributed by atoms with Gasteiger partial charge in [-0.15, -0.1) is 0 Å². The van der Waals surface area contributed by atoms with E-state index >= 15 is 0 Å². The van der Waals surface area contributed by atoms with Gasteiger partial charge in [-0.05, 0) is 6.92 Å². The van der Waals surface area contributed by atoms with Gasteiger partial charge in [-0.3, -0.25) is 4.68 Å². The Kier molecular flexibility index (Phi) is 4.44. The zero-order valence-corrected chi connectivity index (χ0v) is 12.2. The zero-order valence-electron chi connectivity index (χ0n) is 10.5. The van der Waals surface area contributed by atoms with Crippen molar-refractivity contribution in [1.82, 2.24) is 9.78 Å². The maximum atomic E-state index is 10.4. The van der Waals surface area contributed by atoms with E-state index in [-0.39, 0.29) is 6.10 Å². The molecule has 0 amide bonds. The van der Waals surface area contributed by atoms with Gasteiger partial charge in [-0.1, -0.05) is 13.8 Å². The van der Waals surface area contributed by atoms with Crippen molar-refractivity contribution in [2.24, 2.45) is 0 Å². The molecule has 0 aliphatic carbocycles. The highest BCUT2D eigenvalue weighted by molar-refractivity contribution is 8.07. The second-order valence-corrected chi connectivity index (χ2v) is 7.52. The minimum absolute atomic E-state index is 0.292. The third-order valence-corrected chi connectivity index (χ3v) is 6.73. The summed E-state index contributed by atoms with van der Waals surface area (Å²) in [6.45, 7) is 7.42. The molecular formula is C12H20N2OS2. The molecule has 2 heterocycles. The molecule has 3 nitrogen and oxygen atoms in total. The molecule has 1 saturated heterocycles. The average molecular weight is 272 g/mol. The number of thioether (sulfide) groups is 2. The number of nitrogens with zero attached hydrogens (tertiary/aromatic N) is 2. The lowest BCUT2D eigenvalue weighted by molar-refractivity contribution is 0.180. The molecule has 1 aliphatic rings. The van der Waals surface area contributed by atoms with Gasteiger partial charge in [0.05, 0.1) is 12.3 Å². The maximum absolute atomic E-state index is 10.4. The quantitative estimate of drug-likeness (QED) is 0.918. The van der Waals surface area contributed by atoms with E-state index in [1.54, 1.807) is 6.20 Å². The van der Waals surface area contributed by atoms with Crippen LogP contribution in [0.3, 0.4) is 0 Å². The summed E-state index contributed by atoms with van der Waals surface area (Å²) in [7, 11) is 0. The van der Waals surface area contributed by atoms with Crippen LogP contribution in [-0.4, -0.2) is 36.4 Å². The molecule has 1 aromatic heterocycles. The number of aliphatic hydroxyl groups is 1. The van der Waals surface area contributed by atoms with Crippen LogP contribution in [0.2, 0.25) is 0 Å². The van der Waals surface area contributed by atoms with E-state index in [0.717, 1.165) is 17.9 Å². The Morgan fingerprint density at radius 2 is 2.29 bits per heavy atom. The third kappa shape index (κ3) is 3.01. The van der Waals surface area contributed by atoms with Crippen molar-refractivity contribution < 1.29 is 5.11 Å². The first-order valence-corrected chi connectivity index (χ1v) is 8.08. The van der Waals surface area contributed by atoms with Crippen molar-refractivity contribution in [2.75, 3.05) is 5.75 Å². The lowest BCUT2D eigenvalue weighted by atomic mass is 10.1. The van der Waals surface area contributed by atoms with Crippen molar-refractivity contribution in [3.8, 4) is 0 Å². The average Bonchev–Trinajstić information content (AvgIpc) is 2.80. The summed E-state index contributed by atoms with van der Waals surface area (Å²) in [5, 5.41) is 16.2. The molecule has 4 atom stereocenters. The highest BCUT2D eigenvalue weighted by atomic mass is 32.2. The highest BCUT2D eigenvalue weighted by Gasteiger charge is 2.31. The van der Waals surface area contributed by atoms with Crippen LogP contribution in [-0.2, 0) is 6.54 Å². The molecule has 1 N–H and O–H groups in total. The summed E-state index contributed by atoms with van der Waals surface area (Å²) in [6.07, 6.45) is 3.36. The molecule has 2 rings (SSSR count). The molecule has 0 aromatic carbocycles. The molecule has 1 aliphatic heterocycles. The predicted octanol–water partition coefficient (Wildman–Crippen LogP) is 2.56. The second-order valence-electron chi connectivity index (χ2n) is 4.49. The van der Waals surface area contributed by atoms with Crippen molar-refractivity contribution in [2.45, 2.75) is 49.2 Å². The molecule has 0 bridgehead atoms. The van der Waals surface area contributed by atoms with E-state index in [9.17, 15) is 5.11 Å². The van der Waals surface area contributed by atoms with Gasteiger partial charge in [-0.2, -0.15) is 28.6 Å². The van der Waals surface area contributed by atoms with Crippen molar-refractivity contribution in [3.63, 3.8) is 0 Å². The van der Waals surface area contributed by atoms with Crippen molar-refractivity contribution in [3.05, 3.63) is 18.0 Å². The fraction of sp³-hybridized carbons (Fsp3) is 0.750. The third-order valence-electron chi connectivity index (χ3n) is 3.24. The first-order valence-electron chi connectivity index (χ1n) is 6.09. The van der Waals surface area contributed by atoms with Crippen molar-refractivity contribution >= 4 is 23.5 Å². The van der Waals surface area contributed by atoms with E-state index in [1.165, 1.54) is 0 Å². The summed E-state index contributed by atoms with van der Waals surface area (Å²) in [4.78, 5) is 0. The van der Waals surface area contributed by atoms with Crippen LogP contribution in [0.15, 0.2) is 12.4 Å². The van der Waals surface area contributed by atoms with Crippen LogP contribution < -0.4 is 0 Å². The van der Waals surface area contributed by atoms with Gasteiger partial charge in [-0.25, -0.2) is 0 Å². The Labute approximate surface area is 111 Å². The van der Waals surface area contributed by atoms with Crippen LogP contribution in [0.4, 0.5) is 0 Å². The summed E-state index contributed by atoms with van der Waals surface area (Å²) in [5.74, 6) is 1.02. The number of hydrogen-bond donors (Lipinski definition) is 1. The molecule has 96 valence electrons. The minimum Gasteiger partial charge on any atom is -0.387 e. The SMILES string of the molecule is CCn1cc(C(O)C2CSC(C)C(C)S2)cn1. The summed E-state index contributed by atoms with van der Waals surface area (Å²) in [5.41, 5.74) is 0.951. The van der Waals surface area contributed by atoms with Crippen LogP contribution in [0.25, 0.3) is 0 Å². The molecule has 0 spiro atoms. The summed E-state index contributed by atoms with van der Waals surface area (Å²) >= 11 is 3.87. The fourth-order valence-electron chi connectivity index (χ4n) is 1.89. The van der Waals surface area contributed by atoms with Gasteiger partial charge < -0.3 is 5.11 Å². The molecule has 5 heteroatoms. The van der Waals surface area contributed by atoms with Crippen LogP contribution in [0.5, 0.6) is 0 Å². The summed E-state index contributed by atoms with van der Waals surface area (Å²) in [6, 6.07) is 0. The van der Waals surface area contributed by atoms with E-state index in [0.29, 0.717) is 15.7 Å². The highest BCUT2D eigenvalue weighted by Crippen LogP contribution is 2.40. The molecule has 0 radical (unpaired) electrons. The van der Waals surface area contributed by atoms with Crippen LogP contribution >= 0.6 is 23.5 Å². The molecule has 0 saturated carbocycles. The first-order chi connectivity index (χ1) is 8.11. The van der Waals surface area contributed by atoms with Crippen LogP contribution in [0.1, 0.15) is 32.4 Å². The van der Waals surface area contributed by atoms with E-state index in [1.807, 2.05) is 34.4 Å². The molecule has 17 heavy (non-hydrogen) atoms. The fourth-order valence-corrected chi connectivity index (χ4v) is 4.90. The van der Waals surface area contributed by atoms with Gasteiger partial charge in [0.15, 0.2) is 0 Å². The van der Waals surface area contributed by atoms with Crippen molar-refractivity contribution in [1.29, 1.82) is 0 Å². The van der Waals surface area contributed by atoms with E-state index in [4.69, 9.17) is 0 Å². The minimum atomic E-state index is -0.386. The monoisotopic (exact) mass is 272 g/mol. The Hall–Kier alpha value is -0.130. The normalized spacial score (nSPS) is 31.4. The number of aryl methyl sites for hydroxylation is 1. The number of hydrogen-bond acceptors (Lipinski definition) is 4. The van der Waals surface area contributed by atoms with E-state index in [2.05, 4.69) is 25.9 Å². The Balaban J connectivity index is 2.02. The Morgan fingerprint density at radius 3 is 2.88 bits per heavy atom. The molecular weight excluding hydrogens is 252 g/mol. The standard InChI is InChI=1S/C12H20N2OS2/c1-4-14-6-10(5-13-14)12(15)11-7-16-8(2)9(3)17-11/h5-6,8-9,11-12,15H,4,7H2,1-3H3. The smallest absolute Gasteiger partial charge is 0.0946 e. The zero-order chi connectivity index (χ0) is 12.4. The second kappa shape index (κ2) is 5.67. The predicted molar refractivity (Wildman–Crippen MR) is 75.6 cm³/mol. The Morgan fingerprint density at radius 1 is 1.53 bits per heavy atom.